The smallest absolute Gasteiger partial charge is 0.222 e. The molecule has 26 heavy (non-hydrogen) atoms. The van der Waals surface area contributed by atoms with Crippen LogP contribution >= 0.6 is 0 Å². The lowest BCUT2D eigenvalue weighted by Gasteiger charge is -2.16. The van der Waals surface area contributed by atoms with Crippen LogP contribution in [-0.4, -0.2) is 45.6 Å². The van der Waals surface area contributed by atoms with Crippen molar-refractivity contribution in [1.82, 2.24) is 19.7 Å². The Morgan fingerprint density at radius 2 is 2.31 bits per heavy atom. The Hall–Kier alpha value is -2.67. The number of pyridine rings is 2. The highest BCUT2D eigenvalue weighted by Crippen LogP contribution is 2.33. The van der Waals surface area contributed by atoms with Gasteiger partial charge in [0.05, 0.1) is 42.4 Å². The molecule has 1 N–H and O–H groups in total. The van der Waals surface area contributed by atoms with E-state index in [1.54, 1.807) is 6.20 Å². The van der Waals surface area contributed by atoms with E-state index in [9.17, 15) is 0 Å². The summed E-state index contributed by atoms with van der Waals surface area (Å²) < 4.78 is 13.2. The minimum absolute atomic E-state index is 0.300. The van der Waals surface area contributed by atoms with Gasteiger partial charge in [-0.25, -0.2) is 9.97 Å². The van der Waals surface area contributed by atoms with Crippen LogP contribution in [0.5, 0.6) is 5.88 Å². The molecule has 7 heteroatoms. The van der Waals surface area contributed by atoms with E-state index >= 15 is 0 Å². The number of hydrogen-bond acceptors (Lipinski definition) is 6. The topological polar surface area (TPSA) is 74.1 Å². The van der Waals surface area contributed by atoms with E-state index in [0.29, 0.717) is 18.5 Å². The SMILES string of the molecule is CCOc1ncccc1-c1cc(N[C@@H]2CCOC2)c2c(cnn2CC)n1. The molecule has 0 saturated carbocycles. The first-order valence-corrected chi connectivity index (χ1v) is 9.09. The van der Waals surface area contributed by atoms with Crippen LogP contribution < -0.4 is 10.1 Å². The molecule has 4 heterocycles. The third kappa shape index (κ3) is 3.10. The summed E-state index contributed by atoms with van der Waals surface area (Å²) in [5.74, 6) is 0.597. The fourth-order valence-electron chi connectivity index (χ4n) is 3.29. The van der Waals surface area contributed by atoms with Crippen molar-refractivity contribution in [2.45, 2.75) is 32.9 Å². The van der Waals surface area contributed by atoms with Crippen molar-refractivity contribution >= 4 is 16.7 Å². The molecule has 0 spiro atoms. The van der Waals surface area contributed by atoms with Crippen LogP contribution in [0.1, 0.15) is 20.3 Å². The van der Waals surface area contributed by atoms with Gasteiger partial charge in [0.1, 0.15) is 11.0 Å². The number of anilines is 1. The van der Waals surface area contributed by atoms with Crippen molar-refractivity contribution in [3.63, 3.8) is 0 Å². The van der Waals surface area contributed by atoms with Crippen molar-refractivity contribution in [2.75, 3.05) is 25.1 Å². The van der Waals surface area contributed by atoms with E-state index in [1.807, 2.05) is 29.9 Å². The minimum Gasteiger partial charge on any atom is -0.477 e. The maximum absolute atomic E-state index is 5.69. The highest BCUT2D eigenvalue weighted by atomic mass is 16.5. The van der Waals surface area contributed by atoms with Gasteiger partial charge in [0, 0.05) is 19.3 Å². The van der Waals surface area contributed by atoms with E-state index in [-0.39, 0.29) is 0 Å². The van der Waals surface area contributed by atoms with Gasteiger partial charge in [0.2, 0.25) is 5.88 Å². The van der Waals surface area contributed by atoms with E-state index in [2.05, 4.69) is 28.4 Å². The Bertz CT molecular complexity index is 902. The van der Waals surface area contributed by atoms with E-state index < -0.39 is 0 Å². The highest BCUT2D eigenvalue weighted by molar-refractivity contribution is 5.91. The fourth-order valence-corrected chi connectivity index (χ4v) is 3.29. The summed E-state index contributed by atoms with van der Waals surface area (Å²) in [6.07, 6.45) is 4.54. The second kappa shape index (κ2) is 7.29. The van der Waals surface area contributed by atoms with Crippen LogP contribution in [0.4, 0.5) is 5.69 Å². The van der Waals surface area contributed by atoms with Gasteiger partial charge in [0.25, 0.3) is 0 Å². The first-order chi connectivity index (χ1) is 12.8. The fraction of sp³-hybridized carbons (Fsp3) is 0.421. The zero-order valence-corrected chi connectivity index (χ0v) is 15.1. The number of fused-ring (bicyclic) bond motifs is 1. The largest absolute Gasteiger partial charge is 0.477 e. The zero-order valence-electron chi connectivity index (χ0n) is 15.1. The van der Waals surface area contributed by atoms with Crippen LogP contribution in [0.15, 0.2) is 30.6 Å². The maximum atomic E-state index is 5.69. The molecule has 136 valence electrons. The summed E-state index contributed by atoms with van der Waals surface area (Å²) in [6.45, 7) is 6.89. The Labute approximate surface area is 152 Å². The lowest BCUT2D eigenvalue weighted by atomic mass is 10.1. The quantitative estimate of drug-likeness (QED) is 0.734. The van der Waals surface area contributed by atoms with Crippen molar-refractivity contribution in [3.8, 4) is 17.1 Å². The molecule has 1 atom stereocenters. The van der Waals surface area contributed by atoms with Crippen LogP contribution in [0.3, 0.4) is 0 Å². The van der Waals surface area contributed by atoms with Gasteiger partial charge in [-0.1, -0.05) is 0 Å². The molecule has 3 aromatic heterocycles. The summed E-state index contributed by atoms with van der Waals surface area (Å²) in [4.78, 5) is 9.17. The molecule has 1 aliphatic rings. The molecule has 0 amide bonds. The third-order valence-corrected chi connectivity index (χ3v) is 4.51. The Kier molecular flexibility index (Phi) is 4.71. The lowest BCUT2D eigenvalue weighted by Crippen LogP contribution is -2.19. The van der Waals surface area contributed by atoms with E-state index in [4.69, 9.17) is 14.5 Å². The van der Waals surface area contributed by atoms with Gasteiger partial charge >= 0.3 is 0 Å². The molecular formula is C19H23N5O2. The van der Waals surface area contributed by atoms with Crippen LogP contribution in [0, 0.1) is 0 Å². The second-order valence-corrected chi connectivity index (χ2v) is 6.24. The molecular weight excluding hydrogens is 330 g/mol. The lowest BCUT2D eigenvalue weighted by molar-refractivity contribution is 0.195. The second-order valence-electron chi connectivity index (χ2n) is 6.24. The molecule has 0 radical (unpaired) electrons. The number of nitrogens with zero attached hydrogens (tertiary/aromatic N) is 4. The number of aromatic nitrogens is 4. The molecule has 0 unspecified atom stereocenters. The molecule has 3 aromatic rings. The van der Waals surface area contributed by atoms with Gasteiger partial charge in [-0.15, -0.1) is 0 Å². The Morgan fingerprint density at radius 1 is 1.38 bits per heavy atom. The number of aryl methyl sites for hydroxylation is 1. The van der Waals surface area contributed by atoms with Gasteiger partial charge in [-0.3, -0.25) is 4.68 Å². The van der Waals surface area contributed by atoms with E-state index in [1.165, 1.54) is 0 Å². The first kappa shape index (κ1) is 16.8. The molecule has 0 aliphatic carbocycles. The predicted octanol–water partition coefficient (Wildman–Crippen LogP) is 3.11. The van der Waals surface area contributed by atoms with Gasteiger partial charge < -0.3 is 14.8 Å². The number of nitrogens with one attached hydrogen (secondary N) is 1. The van der Waals surface area contributed by atoms with Crippen molar-refractivity contribution in [3.05, 3.63) is 30.6 Å². The van der Waals surface area contributed by atoms with Crippen LogP contribution in [-0.2, 0) is 11.3 Å². The normalized spacial score (nSPS) is 16.9. The maximum Gasteiger partial charge on any atom is 0.222 e. The van der Waals surface area contributed by atoms with Crippen molar-refractivity contribution in [1.29, 1.82) is 0 Å². The molecule has 1 fully saturated rings. The zero-order chi connectivity index (χ0) is 17.9. The number of ether oxygens (including phenoxy) is 2. The molecule has 0 aromatic carbocycles. The summed E-state index contributed by atoms with van der Waals surface area (Å²) in [6, 6.07) is 6.25. The monoisotopic (exact) mass is 353 g/mol. The summed E-state index contributed by atoms with van der Waals surface area (Å²) >= 11 is 0. The number of rotatable bonds is 6. The summed E-state index contributed by atoms with van der Waals surface area (Å²) in [5.41, 5.74) is 4.60. The molecule has 1 saturated heterocycles. The minimum atomic E-state index is 0.300. The van der Waals surface area contributed by atoms with Gasteiger partial charge in [-0.2, -0.15) is 5.10 Å². The molecule has 4 rings (SSSR count). The third-order valence-electron chi connectivity index (χ3n) is 4.51. The summed E-state index contributed by atoms with van der Waals surface area (Å²) in [5, 5.41) is 8.10. The molecule has 7 nitrogen and oxygen atoms in total. The first-order valence-electron chi connectivity index (χ1n) is 9.09. The Balaban J connectivity index is 1.83. The van der Waals surface area contributed by atoms with Crippen LogP contribution in [0.25, 0.3) is 22.3 Å². The van der Waals surface area contributed by atoms with Crippen LogP contribution in [0.2, 0.25) is 0 Å². The van der Waals surface area contributed by atoms with Crippen molar-refractivity contribution in [2.24, 2.45) is 0 Å². The van der Waals surface area contributed by atoms with Gasteiger partial charge in [-0.05, 0) is 38.5 Å². The average molecular weight is 353 g/mol. The van der Waals surface area contributed by atoms with Gasteiger partial charge in [0.15, 0.2) is 0 Å². The summed E-state index contributed by atoms with van der Waals surface area (Å²) in [7, 11) is 0. The molecule has 0 bridgehead atoms. The predicted molar refractivity (Wildman–Crippen MR) is 100 cm³/mol. The molecule has 1 aliphatic heterocycles. The Morgan fingerprint density at radius 3 is 3.08 bits per heavy atom. The average Bonchev–Trinajstić information content (AvgIpc) is 3.31. The van der Waals surface area contributed by atoms with E-state index in [0.717, 1.165) is 54.2 Å². The van der Waals surface area contributed by atoms with Crippen molar-refractivity contribution < 1.29 is 9.47 Å². The number of hydrogen-bond donors (Lipinski definition) is 1. The highest BCUT2D eigenvalue weighted by Gasteiger charge is 2.20. The standard InChI is InChI=1S/C19H23N5O2/c1-3-24-18-16(22-13-7-9-25-12-13)10-15(23-17(18)11-21-24)14-6-5-8-20-19(14)26-4-2/h5-6,8,10-11,13H,3-4,7,9,12H2,1-2H3,(H,22,23)/t13-/m1/s1.